The van der Waals surface area contributed by atoms with Crippen LogP contribution < -0.4 is 4.90 Å². The van der Waals surface area contributed by atoms with E-state index in [0.717, 1.165) is 32.0 Å². The summed E-state index contributed by atoms with van der Waals surface area (Å²) in [5, 5.41) is 19.1. The van der Waals surface area contributed by atoms with Gasteiger partial charge in [0.2, 0.25) is 0 Å². The minimum Gasteiger partial charge on any atom is -0.391 e. The number of aliphatic hydroxyl groups excluding tert-OH is 1. The van der Waals surface area contributed by atoms with Crippen LogP contribution in [0.5, 0.6) is 0 Å². The standard InChI is InChI=1S/C19H22N4O/c20-13-17-6-7-19(21-14-17)23-10-8-22(9-11-23)15-18(24)12-16-4-2-1-3-5-16/h1-7,14,18,24H,8-12,15H2. The van der Waals surface area contributed by atoms with Crippen LogP contribution >= 0.6 is 0 Å². The van der Waals surface area contributed by atoms with E-state index in [9.17, 15) is 5.11 Å². The molecule has 124 valence electrons. The van der Waals surface area contributed by atoms with Crippen LogP contribution in [0, 0.1) is 11.3 Å². The fourth-order valence-electron chi connectivity index (χ4n) is 3.05. The number of nitrogens with zero attached hydrogens (tertiary/aromatic N) is 4. The highest BCUT2D eigenvalue weighted by Crippen LogP contribution is 2.14. The number of aliphatic hydroxyl groups is 1. The van der Waals surface area contributed by atoms with Crippen LogP contribution in [-0.4, -0.2) is 53.8 Å². The molecule has 1 aromatic heterocycles. The summed E-state index contributed by atoms with van der Waals surface area (Å²) in [6, 6.07) is 15.9. The quantitative estimate of drug-likeness (QED) is 0.907. The van der Waals surface area contributed by atoms with Gasteiger partial charge in [-0.15, -0.1) is 0 Å². The van der Waals surface area contributed by atoms with Crippen LogP contribution in [0.15, 0.2) is 48.7 Å². The van der Waals surface area contributed by atoms with Gasteiger partial charge in [0.15, 0.2) is 0 Å². The summed E-state index contributed by atoms with van der Waals surface area (Å²) in [7, 11) is 0. The van der Waals surface area contributed by atoms with Crippen molar-refractivity contribution in [2.75, 3.05) is 37.6 Å². The predicted molar refractivity (Wildman–Crippen MR) is 93.8 cm³/mol. The summed E-state index contributed by atoms with van der Waals surface area (Å²) in [6.07, 6.45) is 1.97. The van der Waals surface area contributed by atoms with Gasteiger partial charge in [-0.3, -0.25) is 4.90 Å². The second-order valence-electron chi connectivity index (χ2n) is 6.15. The largest absolute Gasteiger partial charge is 0.391 e. The Bertz CT molecular complexity index is 673. The Morgan fingerprint density at radius 2 is 1.83 bits per heavy atom. The third-order valence-corrected chi connectivity index (χ3v) is 4.36. The first kappa shape index (κ1) is 16.4. The molecule has 0 radical (unpaired) electrons. The zero-order valence-electron chi connectivity index (χ0n) is 13.7. The van der Waals surface area contributed by atoms with Crippen molar-refractivity contribution >= 4 is 5.82 Å². The van der Waals surface area contributed by atoms with Crippen molar-refractivity contribution in [2.45, 2.75) is 12.5 Å². The van der Waals surface area contributed by atoms with E-state index in [2.05, 4.69) is 33.0 Å². The molecule has 0 bridgehead atoms. The molecule has 3 rings (SSSR count). The Morgan fingerprint density at radius 3 is 2.46 bits per heavy atom. The molecule has 1 aliphatic rings. The molecule has 1 aromatic carbocycles. The van der Waals surface area contributed by atoms with Crippen LogP contribution in [0.3, 0.4) is 0 Å². The van der Waals surface area contributed by atoms with E-state index in [1.807, 2.05) is 24.3 Å². The summed E-state index contributed by atoms with van der Waals surface area (Å²) >= 11 is 0. The van der Waals surface area contributed by atoms with E-state index >= 15 is 0 Å². The molecule has 0 saturated carbocycles. The Hall–Kier alpha value is -2.42. The van der Waals surface area contributed by atoms with E-state index in [4.69, 9.17) is 5.26 Å². The highest BCUT2D eigenvalue weighted by Gasteiger charge is 2.20. The molecule has 2 aromatic rings. The lowest BCUT2D eigenvalue weighted by Crippen LogP contribution is -2.49. The summed E-state index contributed by atoms with van der Waals surface area (Å²) < 4.78 is 0. The number of aromatic nitrogens is 1. The highest BCUT2D eigenvalue weighted by molar-refractivity contribution is 5.42. The molecule has 5 heteroatoms. The van der Waals surface area contributed by atoms with Crippen molar-refractivity contribution in [3.63, 3.8) is 0 Å². The monoisotopic (exact) mass is 322 g/mol. The Morgan fingerprint density at radius 1 is 1.08 bits per heavy atom. The zero-order chi connectivity index (χ0) is 16.8. The number of hydrogen-bond acceptors (Lipinski definition) is 5. The summed E-state index contributed by atoms with van der Waals surface area (Å²) in [5.41, 5.74) is 1.76. The number of nitriles is 1. The lowest BCUT2D eigenvalue weighted by atomic mass is 10.1. The van der Waals surface area contributed by atoms with E-state index in [-0.39, 0.29) is 6.10 Å². The first-order valence-corrected chi connectivity index (χ1v) is 8.30. The van der Waals surface area contributed by atoms with Gasteiger partial charge in [0.25, 0.3) is 0 Å². The topological polar surface area (TPSA) is 63.4 Å². The first-order valence-electron chi connectivity index (χ1n) is 8.30. The van der Waals surface area contributed by atoms with Gasteiger partial charge in [-0.05, 0) is 24.1 Å². The molecule has 1 saturated heterocycles. The maximum Gasteiger partial charge on any atom is 0.128 e. The lowest BCUT2D eigenvalue weighted by molar-refractivity contribution is 0.109. The fraction of sp³-hybridized carbons (Fsp3) is 0.368. The number of rotatable bonds is 5. The van der Waals surface area contributed by atoms with Crippen LogP contribution in [0.1, 0.15) is 11.1 Å². The number of anilines is 1. The van der Waals surface area contributed by atoms with Crippen molar-refractivity contribution in [3.8, 4) is 6.07 Å². The third kappa shape index (κ3) is 4.31. The Labute approximate surface area is 142 Å². The van der Waals surface area contributed by atoms with E-state index in [0.29, 0.717) is 18.5 Å². The van der Waals surface area contributed by atoms with E-state index in [1.165, 1.54) is 5.56 Å². The normalized spacial score (nSPS) is 16.6. The first-order chi connectivity index (χ1) is 11.7. The van der Waals surface area contributed by atoms with Gasteiger partial charge in [0, 0.05) is 38.9 Å². The number of pyridine rings is 1. The molecule has 1 fully saturated rings. The lowest BCUT2D eigenvalue weighted by Gasteiger charge is -2.36. The number of hydrogen-bond donors (Lipinski definition) is 1. The van der Waals surface area contributed by atoms with Gasteiger partial charge < -0.3 is 10.0 Å². The van der Waals surface area contributed by atoms with Gasteiger partial charge in [0.1, 0.15) is 11.9 Å². The van der Waals surface area contributed by atoms with E-state index < -0.39 is 0 Å². The van der Waals surface area contributed by atoms with Gasteiger partial charge in [-0.2, -0.15) is 5.26 Å². The van der Waals surface area contributed by atoms with Gasteiger partial charge in [-0.25, -0.2) is 4.98 Å². The Kier molecular flexibility index (Phi) is 5.42. The molecular weight excluding hydrogens is 300 g/mol. The summed E-state index contributed by atoms with van der Waals surface area (Å²) in [5.74, 6) is 0.915. The van der Waals surface area contributed by atoms with Crippen molar-refractivity contribution in [2.24, 2.45) is 0 Å². The smallest absolute Gasteiger partial charge is 0.128 e. The van der Waals surface area contributed by atoms with Crippen LogP contribution in [-0.2, 0) is 6.42 Å². The molecule has 24 heavy (non-hydrogen) atoms. The van der Waals surface area contributed by atoms with Crippen molar-refractivity contribution in [3.05, 3.63) is 59.8 Å². The Balaban J connectivity index is 1.47. The molecular formula is C19H22N4O. The molecule has 1 N–H and O–H groups in total. The fourth-order valence-corrected chi connectivity index (χ4v) is 3.05. The number of benzene rings is 1. The van der Waals surface area contributed by atoms with Gasteiger partial charge in [0.05, 0.1) is 11.7 Å². The SMILES string of the molecule is N#Cc1ccc(N2CCN(CC(O)Cc3ccccc3)CC2)nc1. The summed E-state index contributed by atoms with van der Waals surface area (Å²) in [4.78, 5) is 8.87. The molecule has 1 unspecified atom stereocenters. The number of β-amino-alcohol motifs (C(OH)–C–C–N with tert-alkyl or cyclic N) is 1. The van der Waals surface area contributed by atoms with Crippen molar-refractivity contribution < 1.29 is 5.11 Å². The molecule has 5 nitrogen and oxygen atoms in total. The third-order valence-electron chi connectivity index (χ3n) is 4.36. The minimum absolute atomic E-state index is 0.341. The average molecular weight is 322 g/mol. The zero-order valence-corrected chi connectivity index (χ0v) is 13.7. The van der Waals surface area contributed by atoms with Gasteiger partial charge >= 0.3 is 0 Å². The predicted octanol–water partition coefficient (Wildman–Crippen LogP) is 1.68. The maximum absolute atomic E-state index is 10.3. The van der Waals surface area contributed by atoms with Gasteiger partial charge in [-0.1, -0.05) is 30.3 Å². The molecule has 0 spiro atoms. The molecule has 0 aliphatic carbocycles. The molecule has 1 aliphatic heterocycles. The minimum atomic E-state index is -0.341. The van der Waals surface area contributed by atoms with Crippen LogP contribution in [0.2, 0.25) is 0 Å². The maximum atomic E-state index is 10.3. The van der Waals surface area contributed by atoms with Crippen LogP contribution in [0.4, 0.5) is 5.82 Å². The summed E-state index contributed by atoms with van der Waals surface area (Å²) in [6.45, 7) is 4.29. The second kappa shape index (κ2) is 7.91. The van der Waals surface area contributed by atoms with Crippen molar-refractivity contribution in [1.29, 1.82) is 5.26 Å². The molecule has 1 atom stereocenters. The highest BCUT2D eigenvalue weighted by atomic mass is 16.3. The molecule has 0 amide bonds. The van der Waals surface area contributed by atoms with E-state index in [1.54, 1.807) is 12.3 Å². The second-order valence-corrected chi connectivity index (χ2v) is 6.15. The van der Waals surface area contributed by atoms with Crippen molar-refractivity contribution in [1.82, 2.24) is 9.88 Å². The number of piperazine rings is 1. The molecule has 2 heterocycles. The average Bonchev–Trinajstić information content (AvgIpc) is 2.63. The van der Waals surface area contributed by atoms with Crippen LogP contribution in [0.25, 0.3) is 0 Å².